The number of carbonyl (C=O) groups excluding carboxylic acids is 1. The maximum atomic E-state index is 13.9. The predicted molar refractivity (Wildman–Crippen MR) is 132 cm³/mol. The molecule has 2 aromatic carbocycles. The van der Waals surface area contributed by atoms with Crippen LogP contribution in [-0.4, -0.2) is 47.7 Å². The number of fused-ring (bicyclic) bond motifs is 1. The first-order valence-corrected chi connectivity index (χ1v) is 12.4. The van der Waals surface area contributed by atoms with E-state index in [0.717, 1.165) is 49.3 Å². The summed E-state index contributed by atoms with van der Waals surface area (Å²) in [4.78, 5) is 18.9. The Hall–Kier alpha value is -4.77. The van der Waals surface area contributed by atoms with Crippen molar-refractivity contribution in [2.45, 2.75) is 44.4 Å². The SMILES string of the molecule is N#Cc1cc(F)cc(-n2cc(CN3CC4(CCC[C@H](Cn5cnc6ccc(C#N)cc65)C4)OC3=O)nn2)c1. The second-order valence-corrected chi connectivity index (χ2v) is 10.0. The van der Waals surface area contributed by atoms with Crippen LogP contribution in [0.4, 0.5) is 9.18 Å². The summed E-state index contributed by atoms with van der Waals surface area (Å²) in [7, 11) is 0. The van der Waals surface area contributed by atoms with E-state index < -0.39 is 11.4 Å². The number of benzene rings is 2. The van der Waals surface area contributed by atoms with E-state index >= 15 is 0 Å². The van der Waals surface area contributed by atoms with Gasteiger partial charge in [-0.1, -0.05) is 5.21 Å². The Morgan fingerprint density at radius 2 is 2.03 bits per heavy atom. The number of carbonyl (C=O) groups is 1. The van der Waals surface area contributed by atoms with Crippen LogP contribution in [0.15, 0.2) is 48.9 Å². The smallest absolute Gasteiger partial charge is 0.410 e. The molecule has 1 aliphatic heterocycles. The van der Waals surface area contributed by atoms with Crippen LogP contribution in [0, 0.1) is 34.4 Å². The van der Waals surface area contributed by atoms with Crippen molar-refractivity contribution in [2.75, 3.05) is 6.54 Å². The molecule has 38 heavy (non-hydrogen) atoms. The lowest BCUT2D eigenvalue weighted by molar-refractivity contribution is 0.00415. The van der Waals surface area contributed by atoms with E-state index in [4.69, 9.17) is 10.00 Å². The lowest BCUT2D eigenvalue weighted by Crippen LogP contribution is -2.40. The summed E-state index contributed by atoms with van der Waals surface area (Å²) in [5.41, 5.74) is 2.91. The Kier molecular flexibility index (Phi) is 5.76. The molecule has 2 fully saturated rings. The normalized spacial score (nSPS) is 21.0. The predicted octanol–water partition coefficient (Wildman–Crippen LogP) is 4.08. The highest BCUT2D eigenvalue weighted by atomic mass is 19.1. The molecule has 2 aromatic heterocycles. The van der Waals surface area contributed by atoms with Gasteiger partial charge >= 0.3 is 6.09 Å². The van der Waals surface area contributed by atoms with Gasteiger partial charge in [-0.25, -0.2) is 18.9 Å². The molecule has 190 valence electrons. The second kappa shape index (κ2) is 9.27. The van der Waals surface area contributed by atoms with Gasteiger partial charge in [0.15, 0.2) is 0 Å². The van der Waals surface area contributed by atoms with Crippen molar-refractivity contribution in [1.29, 1.82) is 10.5 Å². The van der Waals surface area contributed by atoms with E-state index in [1.54, 1.807) is 17.2 Å². The molecule has 2 atom stereocenters. The lowest BCUT2D eigenvalue weighted by Gasteiger charge is -2.36. The Labute approximate surface area is 217 Å². The standard InChI is InChI=1S/C27H23FN8O2/c28-21-6-20(12-30)7-23(9-21)36-15-22(32-33-36)14-34-16-27(38-26(34)37)5-1-2-19(10-27)13-35-17-31-24-4-3-18(11-29)8-25(24)35/h3-4,6-9,15,17,19H,1-2,5,10,13-14,16H2/t19-,27?/m0/s1. The van der Waals surface area contributed by atoms with Crippen LogP contribution in [0.25, 0.3) is 16.7 Å². The summed E-state index contributed by atoms with van der Waals surface area (Å²) in [5, 5.41) is 26.6. The Morgan fingerprint density at radius 1 is 1.16 bits per heavy atom. The molecule has 1 saturated carbocycles. The van der Waals surface area contributed by atoms with Crippen molar-refractivity contribution >= 4 is 17.1 Å². The number of nitriles is 2. The fourth-order valence-electron chi connectivity index (χ4n) is 5.66. The van der Waals surface area contributed by atoms with Crippen molar-refractivity contribution in [3.8, 4) is 17.8 Å². The van der Waals surface area contributed by atoms with Gasteiger partial charge in [0.2, 0.25) is 0 Å². The Morgan fingerprint density at radius 3 is 2.87 bits per heavy atom. The van der Waals surface area contributed by atoms with E-state index in [0.29, 0.717) is 29.4 Å². The average Bonchev–Trinajstić information content (AvgIpc) is 3.62. The number of imidazole rings is 1. The zero-order valence-electron chi connectivity index (χ0n) is 20.4. The minimum Gasteiger partial charge on any atom is -0.441 e. The third-order valence-electron chi connectivity index (χ3n) is 7.32. The molecule has 0 N–H and O–H groups in total. The molecule has 1 saturated heterocycles. The Bertz CT molecular complexity index is 1630. The zero-order valence-corrected chi connectivity index (χ0v) is 20.4. The van der Waals surface area contributed by atoms with Crippen molar-refractivity contribution in [3.63, 3.8) is 0 Å². The van der Waals surface area contributed by atoms with Crippen LogP contribution in [0.2, 0.25) is 0 Å². The molecule has 0 radical (unpaired) electrons. The quantitative estimate of drug-likeness (QED) is 0.396. The summed E-state index contributed by atoms with van der Waals surface area (Å²) in [6.45, 7) is 1.41. The molecule has 11 heteroatoms. The molecule has 2 aliphatic rings. The van der Waals surface area contributed by atoms with Crippen LogP contribution in [0.1, 0.15) is 42.5 Å². The molecule has 1 aliphatic carbocycles. The van der Waals surface area contributed by atoms with Gasteiger partial charge in [-0.15, -0.1) is 5.10 Å². The summed E-state index contributed by atoms with van der Waals surface area (Å²) in [6.07, 6.45) is 6.54. The topological polar surface area (TPSA) is 126 Å². The van der Waals surface area contributed by atoms with Crippen LogP contribution in [-0.2, 0) is 17.8 Å². The van der Waals surface area contributed by atoms with Crippen LogP contribution < -0.4 is 0 Å². The number of aromatic nitrogens is 5. The highest BCUT2D eigenvalue weighted by Crippen LogP contribution is 2.41. The van der Waals surface area contributed by atoms with Gasteiger partial charge in [-0.2, -0.15) is 10.5 Å². The molecule has 3 heterocycles. The van der Waals surface area contributed by atoms with E-state index in [9.17, 15) is 14.4 Å². The maximum Gasteiger partial charge on any atom is 0.410 e. The third kappa shape index (κ3) is 4.43. The average molecular weight is 511 g/mol. The highest BCUT2D eigenvalue weighted by molar-refractivity contribution is 5.77. The minimum absolute atomic E-state index is 0.183. The van der Waals surface area contributed by atoms with Gasteiger partial charge in [0.1, 0.15) is 17.1 Å². The van der Waals surface area contributed by atoms with E-state index in [1.165, 1.54) is 16.8 Å². The highest BCUT2D eigenvalue weighted by Gasteiger charge is 2.48. The Balaban J connectivity index is 1.14. The molecule has 1 unspecified atom stereocenters. The van der Waals surface area contributed by atoms with Gasteiger partial charge in [0.25, 0.3) is 0 Å². The van der Waals surface area contributed by atoms with Gasteiger partial charge < -0.3 is 9.30 Å². The molecule has 4 aromatic rings. The van der Waals surface area contributed by atoms with Crippen molar-refractivity contribution in [1.82, 2.24) is 29.4 Å². The maximum absolute atomic E-state index is 13.9. The van der Waals surface area contributed by atoms with E-state index in [1.807, 2.05) is 24.5 Å². The fourth-order valence-corrected chi connectivity index (χ4v) is 5.66. The van der Waals surface area contributed by atoms with E-state index in [2.05, 4.69) is 25.9 Å². The first kappa shape index (κ1) is 23.6. The first-order chi connectivity index (χ1) is 18.4. The second-order valence-electron chi connectivity index (χ2n) is 10.0. The van der Waals surface area contributed by atoms with Gasteiger partial charge in [0, 0.05) is 6.54 Å². The number of nitrogens with zero attached hydrogens (tertiary/aromatic N) is 8. The van der Waals surface area contributed by atoms with E-state index in [-0.39, 0.29) is 18.2 Å². The number of hydrogen-bond donors (Lipinski definition) is 0. The van der Waals surface area contributed by atoms with Gasteiger partial charge in [-0.3, -0.25) is 4.90 Å². The zero-order chi connectivity index (χ0) is 26.3. The molecule has 0 bridgehead atoms. The lowest BCUT2D eigenvalue weighted by atomic mass is 9.78. The summed E-state index contributed by atoms with van der Waals surface area (Å²) in [5.74, 6) is -0.245. The first-order valence-electron chi connectivity index (χ1n) is 12.4. The molecule has 1 amide bonds. The number of halogens is 1. The summed E-state index contributed by atoms with van der Waals surface area (Å²) < 4.78 is 23.3. The molecular formula is C27H23FN8O2. The molecule has 6 rings (SSSR count). The van der Waals surface area contributed by atoms with Crippen LogP contribution in [0.3, 0.4) is 0 Å². The van der Waals surface area contributed by atoms with Crippen LogP contribution >= 0.6 is 0 Å². The molecular weight excluding hydrogens is 487 g/mol. The molecule has 1 spiro atoms. The summed E-state index contributed by atoms with van der Waals surface area (Å²) in [6, 6.07) is 13.5. The largest absolute Gasteiger partial charge is 0.441 e. The number of hydrogen-bond acceptors (Lipinski definition) is 7. The minimum atomic E-state index is -0.561. The van der Waals surface area contributed by atoms with Gasteiger partial charge in [0.05, 0.1) is 65.6 Å². The van der Waals surface area contributed by atoms with Crippen molar-refractivity contribution in [3.05, 3.63) is 71.6 Å². The van der Waals surface area contributed by atoms with Crippen molar-refractivity contribution < 1.29 is 13.9 Å². The number of ether oxygens (including phenoxy) is 1. The van der Waals surface area contributed by atoms with Gasteiger partial charge in [-0.05, 0) is 68.0 Å². The third-order valence-corrected chi connectivity index (χ3v) is 7.32. The van der Waals surface area contributed by atoms with Crippen LogP contribution in [0.5, 0.6) is 0 Å². The number of rotatable bonds is 5. The fraction of sp³-hybridized carbons (Fsp3) is 0.333. The van der Waals surface area contributed by atoms with Crippen molar-refractivity contribution in [2.24, 2.45) is 5.92 Å². The molecule has 10 nitrogen and oxygen atoms in total. The monoisotopic (exact) mass is 510 g/mol. The number of amides is 1. The summed E-state index contributed by atoms with van der Waals surface area (Å²) >= 11 is 0.